The van der Waals surface area contributed by atoms with Gasteiger partial charge in [0.1, 0.15) is 5.82 Å². The van der Waals surface area contributed by atoms with Gasteiger partial charge in [-0.15, -0.1) is 0 Å². The Hall–Kier alpha value is -1.42. The number of likely N-dealkylation sites (tertiary alicyclic amines) is 1. The zero-order valence-corrected chi connectivity index (χ0v) is 11.9. The Labute approximate surface area is 120 Å². The van der Waals surface area contributed by atoms with Gasteiger partial charge in [0.05, 0.1) is 0 Å². The molecule has 0 bridgehead atoms. The molecule has 1 aromatic rings. The van der Waals surface area contributed by atoms with Gasteiger partial charge < -0.3 is 10.6 Å². The summed E-state index contributed by atoms with van der Waals surface area (Å²) in [5.41, 5.74) is 6.30. The first-order chi connectivity index (χ1) is 9.72. The van der Waals surface area contributed by atoms with E-state index in [1.54, 1.807) is 18.2 Å². The third kappa shape index (κ3) is 3.79. The van der Waals surface area contributed by atoms with Gasteiger partial charge in [0.15, 0.2) is 0 Å². The highest BCUT2D eigenvalue weighted by atomic mass is 19.1. The zero-order valence-electron chi connectivity index (χ0n) is 11.9. The molecule has 2 rings (SSSR count). The van der Waals surface area contributed by atoms with E-state index in [-0.39, 0.29) is 17.6 Å². The summed E-state index contributed by atoms with van der Waals surface area (Å²) >= 11 is 0. The Morgan fingerprint density at radius 1 is 1.20 bits per heavy atom. The molecule has 1 aromatic carbocycles. The Bertz CT molecular complexity index is 442. The number of hydrogen-bond acceptors (Lipinski definition) is 2. The van der Waals surface area contributed by atoms with E-state index in [0.29, 0.717) is 18.5 Å². The molecular formula is C16H23FN2O. The van der Waals surface area contributed by atoms with E-state index in [1.165, 1.54) is 18.9 Å². The topological polar surface area (TPSA) is 46.3 Å². The minimum absolute atomic E-state index is 0.102. The normalized spacial score (nSPS) is 17.6. The van der Waals surface area contributed by atoms with Crippen molar-refractivity contribution in [2.75, 3.05) is 19.6 Å². The monoisotopic (exact) mass is 278 g/mol. The van der Waals surface area contributed by atoms with Crippen molar-refractivity contribution < 1.29 is 9.18 Å². The summed E-state index contributed by atoms with van der Waals surface area (Å²) in [5, 5.41) is 0. The second-order valence-corrected chi connectivity index (χ2v) is 5.45. The van der Waals surface area contributed by atoms with E-state index >= 15 is 0 Å². The van der Waals surface area contributed by atoms with Crippen LogP contribution in [-0.2, 0) is 4.79 Å². The lowest BCUT2D eigenvalue weighted by atomic mass is 9.94. The van der Waals surface area contributed by atoms with Crippen LogP contribution >= 0.6 is 0 Å². The van der Waals surface area contributed by atoms with E-state index in [0.717, 1.165) is 25.9 Å². The Kier molecular flexibility index (Phi) is 5.53. The molecule has 1 aliphatic rings. The number of nitrogens with zero attached hydrogens (tertiary/aromatic N) is 1. The van der Waals surface area contributed by atoms with Gasteiger partial charge in [0.2, 0.25) is 5.91 Å². The van der Waals surface area contributed by atoms with Crippen molar-refractivity contribution >= 4 is 5.91 Å². The largest absolute Gasteiger partial charge is 0.343 e. The van der Waals surface area contributed by atoms with E-state index in [4.69, 9.17) is 5.73 Å². The van der Waals surface area contributed by atoms with Crippen LogP contribution < -0.4 is 5.73 Å². The quantitative estimate of drug-likeness (QED) is 0.920. The fourth-order valence-corrected chi connectivity index (χ4v) is 2.79. The van der Waals surface area contributed by atoms with Gasteiger partial charge in [0, 0.05) is 25.4 Å². The molecule has 110 valence electrons. The van der Waals surface area contributed by atoms with Crippen molar-refractivity contribution in [3.05, 3.63) is 35.6 Å². The van der Waals surface area contributed by atoms with E-state index in [1.807, 2.05) is 4.90 Å². The van der Waals surface area contributed by atoms with Crippen LogP contribution in [0.5, 0.6) is 0 Å². The molecule has 1 heterocycles. The van der Waals surface area contributed by atoms with Crippen molar-refractivity contribution in [3.8, 4) is 0 Å². The van der Waals surface area contributed by atoms with Gasteiger partial charge in [-0.3, -0.25) is 4.79 Å². The molecule has 1 fully saturated rings. The van der Waals surface area contributed by atoms with Crippen molar-refractivity contribution in [1.82, 2.24) is 4.90 Å². The molecule has 1 amide bonds. The predicted molar refractivity (Wildman–Crippen MR) is 77.9 cm³/mol. The molecule has 4 heteroatoms. The van der Waals surface area contributed by atoms with Crippen molar-refractivity contribution in [2.45, 2.75) is 38.0 Å². The van der Waals surface area contributed by atoms with E-state index < -0.39 is 0 Å². The second kappa shape index (κ2) is 7.39. The van der Waals surface area contributed by atoms with Crippen molar-refractivity contribution in [2.24, 2.45) is 5.73 Å². The van der Waals surface area contributed by atoms with Crippen LogP contribution in [0.1, 0.15) is 43.6 Å². The molecule has 0 radical (unpaired) electrons. The second-order valence-electron chi connectivity index (χ2n) is 5.45. The Balaban J connectivity index is 2.02. The van der Waals surface area contributed by atoms with Crippen molar-refractivity contribution in [1.29, 1.82) is 0 Å². The number of carbonyl (C=O) groups is 1. The molecule has 1 saturated heterocycles. The summed E-state index contributed by atoms with van der Waals surface area (Å²) in [6, 6.07) is 6.59. The highest BCUT2D eigenvalue weighted by Gasteiger charge is 2.22. The average Bonchev–Trinajstić information content (AvgIpc) is 2.74. The van der Waals surface area contributed by atoms with Crippen LogP contribution in [0.25, 0.3) is 0 Å². The smallest absolute Gasteiger partial charge is 0.223 e. The van der Waals surface area contributed by atoms with Crippen LogP contribution in [0.15, 0.2) is 24.3 Å². The number of hydrogen-bond donors (Lipinski definition) is 1. The third-order valence-corrected chi connectivity index (χ3v) is 4.01. The highest BCUT2D eigenvalue weighted by Crippen LogP contribution is 2.23. The molecule has 20 heavy (non-hydrogen) atoms. The lowest BCUT2D eigenvalue weighted by molar-refractivity contribution is -0.131. The lowest BCUT2D eigenvalue weighted by Gasteiger charge is -2.23. The molecule has 0 saturated carbocycles. The van der Waals surface area contributed by atoms with Gasteiger partial charge in [-0.2, -0.15) is 0 Å². The van der Waals surface area contributed by atoms with Gasteiger partial charge in [-0.1, -0.05) is 31.0 Å². The SMILES string of the molecule is NCC(CC(=O)N1CCCCCC1)c1ccccc1F. The molecular weight excluding hydrogens is 255 g/mol. The van der Waals surface area contributed by atoms with Crippen molar-refractivity contribution in [3.63, 3.8) is 0 Å². The maximum absolute atomic E-state index is 13.8. The zero-order chi connectivity index (χ0) is 14.4. The summed E-state index contributed by atoms with van der Waals surface area (Å²) < 4.78 is 13.8. The first-order valence-electron chi connectivity index (χ1n) is 7.44. The molecule has 2 N–H and O–H groups in total. The number of rotatable bonds is 4. The number of carbonyl (C=O) groups excluding carboxylic acids is 1. The van der Waals surface area contributed by atoms with Crippen LogP contribution in [-0.4, -0.2) is 30.4 Å². The van der Waals surface area contributed by atoms with Gasteiger partial charge in [-0.05, 0) is 31.0 Å². The summed E-state index contributed by atoms with van der Waals surface area (Å²) in [6.07, 6.45) is 4.82. The number of nitrogens with two attached hydrogens (primary N) is 1. The number of benzene rings is 1. The van der Waals surface area contributed by atoms with Crippen LogP contribution in [0.2, 0.25) is 0 Å². The number of amides is 1. The molecule has 1 unspecified atom stereocenters. The van der Waals surface area contributed by atoms with Crippen LogP contribution in [0, 0.1) is 5.82 Å². The fraction of sp³-hybridized carbons (Fsp3) is 0.562. The molecule has 1 aliphatic heterocycles. The summed E-state index contributed by atoms with van der Waals surface area (Å²) in [6.45, 7) is 1.95. The third-order valence-electron chi connectivity index (χ3n) is 4.01. The Morgan fingerprint density at radius 2 is 1.85 bits per heavy atom. The maximum Gasteiger partial charge on any atom is 0.223 e. The maximum atomic E-state index is 13.8. The van der Waals surface area contributed by atoms with E-state index in [2.05, 4.69) is 0 Å². The minimum Gasteiger partial charge on any atom is -0.343 e. The average molecular weight is 278 g/mol. The summed E-state index contributed by atoms with van der Waals surface area (Å²) in [7, 11) is 0. The molecule has 0 spiro atoms. The molecule has 1 atom stereocenters. The van der Waals surface area contributed by atoms with E-state index in [9.17, 15) is 9.18 Å². The summed E-state index contributed by atoms with van der Waals surface area (Å²) in [5.74, 6) is -0.399. The molecule has 3 nitrogen and oxygen atoms in total. The highest BCUT2D eigenvalue weighted by molar-refractivity contribution is 5.77. The lowest BCUT2D eigenvalue weighted by Crippen LogP contribution is -2.34. The standard InChI is InChI=1S/C16H23FN2O/c17-15-8-4-3-7-14(15)13(12-18)11-16(20)19-9-5-1-2-6-10-19/h3-4,7-8,13H,1-2,5-6,9-12,18H2. The van der Waals surface area contributed by atoms with Gasteiger partial charge in [0.25, 0.3) is 0 Å². The minimum atomic E-state index is -0.272. The fourth-order valence-electron chi connectivity index (χ4n) is 2.79. The Morgan fingerprint density at radius 3 is 2.45 bits per heavy atom. The summed E-state index contributed by atoms with van der Waals surface area (Å²) in [4.78, 5) is 14.3. The van der Waals surface area contributed by atoms with Gasteiger partial charge in [-0.25, -0.2) is 4.39 Å². The first kappa shape index (κ1) is 15.0. The molecule has 0 aromatic heterocycles. The van der Waals surface area contributed by atoms with Gasteiger partial charge >= 0.3 is 0 Å². The number of halogens is 1. The van der Waals surface area contributed by atoms with Crippen LogP contribution in [0.4, 0.5) is 4.39 Å². The molecule has 0 aliphatic carbocycles. The first-order valence-corrected chi connectivity index (χ1v) is 7.44. The predicted octanol–water partition coefficient (Wildman–Crippen LogP) is 2.66. The van der Waals surface area contributed by atoms with Crippen LogP contribution in [0.3, 0.4) is 0 Å².